The monoisotopic (exact) mass is 286 g/mol. The number of ketones is 1. The van der Waals surface area contributed by atoms with E-state index in [2.05, 4.69) is 0 Å². The summed E-state index contributed by atoms with van der Waals surface area (Å²) < 4.78 is 3.91. The zero-order chi connectivity index (χ0) is 14.1. The summed E-state index contributed by atoms with van der Waals surface area (Å²) in [5, 5.41) is 1.91. The highest BCUT2D eigenvalue weighted by atomic mass is 32.1. The van der Waals surface area contributed by atoms with Crippen molar-refractivity contribution in [1.82, 2.24) is 4.57 Å². The number of Topliss-reactive ketones (excluding diaryl/α,β-unsaturated/α-hetero) is 1. The first-order valence-corrected chi connectivity index (χ1v) is 7.43. The van der Waals surface area contributed by atoms with Crippen LogP contribution in [0.2, 0.25) is 0 Å². The molecule has 102 valence electrons. The second-order valence-corrected chi connectivity index (χ2v) is 5.53. The maximum Gasteiger partial charge on any atom is 0.356 e. The summed E-state index contributed by atoms with van der Waals surface area (Å²) in [6.07, 6.45) is 0. The number of nitrogens with two attached hydrogens (primary N) is 1. The van der Waals surface area contributed by atoms with Crippen molar-refractivity contribution in [3.05, 3.63) is 46.7 Å². The number of benzene rings is 1. The molecule has 0 unspecified atom stereocenters. The van der Waals surface area contributed by atoms with Gasteiger partial charge in [-0.05, 0) is 30.5 Å². The highest BCUT2D eigenvalue weighted by molar-refractivity contribution is 7.12. The predicted molar refractivity (Wildman–Crippen MR) is 80.9 cm³/mol. The molecule has 2 N–H and O–H groups in total. The van der Waals surface area contributed by atoms with Crippen molar-refractivity contribution in [2.24, 2.45) is 0 Å². The summed E-state index contributed by atoms with van der Waals surface area (Å²) >= 11 is 1.46. The maximum atomic E-state index is 12.3. The highest BCUT2D eigenvalue weighted by Crippen LogP contribution is 2.17. The Labute approximate surface area is 121 Å². The number of carbonyl (C=O) groups is 1. The SMILES string of the molecule is CCn1c(N)[n+](CC(=O)c2cccs2)c2ccccc21. The molecule has 0 bridgehead atoms. The van der Waals surface area contributed by atoms with E-state index < -0.39 is 0 Å². The molecule has 0 amide bonds. The number of rotatable bonds is 4. The van der Waals surface area contributed by atoms with E-state index >= 15 is 0 Å². The van der Waals surface area contributed by atoms with Gasteiger partial charge in [0, 0.05) is 0 Å². The number of hydrogen-bond acceptors (Lipinski definition) is 3. The molecule has 4 nitrogen and oxygen atoms in total. The Morgan fingerprint density at radius 3 is 2.80 bits per heavy atom. The molecule has 0 spiro atoms. The second kappa shape index (κ2) is 5.09. The van der Waals surface area contributed by atoms with Crippen LogP contribution in [0.1, 0.15) is 16.6 Å². The summed E-state index contributed by atoms with van der Waals surface area (Å²) in [6.45, 7) is 3.11. The number of aromatic nitrogens is 2. The molecule has 20 heavy (non-hydrogen) atoms. The zero-order valence-corrected chi connectivity index (χ0v) is 12.1. The fourth-order valence-electron chi connectivity index (χ4n) is 2.47. The average molecular weight is 286 g/mol. The van der Waals surface area contributed by atoms with Gasteiger partial charge in [-0.3, -0.25) is 10.5 Å². The minimum absolute atomic E-state index is 0.0932. The molecule has 5 heteroatoms. The second-order valence-electron chi connectivity index (χ2n) is 4.58. The van der Waals surface area contributed by atoms with Crippen molar-refractivity contribution >= 4 is 34.1 Å². The van der Waals surface area contributed by atoms with E-state index in [1.54, 1.807) is 0 Å². The van der Waals surface area contributed by atoms with Gasteiger partial charge >= 0.3 is 5.95 Å². The molecule has 0 aliphatic heterocycles. The molecule has 1 aromatic carbocycles. The van der Waals surface area contributed by atoms with Crippen LogP contribution in [-0.4, -0.2) is 10.4 Å². The van der Waals surface area contributed by atoms with Crippen molar-refractivity contribution in [3.8, 4) is 0 Å². The lowest BCUT2D eigenvalue weighted by Crippen LogP contribution is -2.40. The van der Waals surface area contributed by atoms with Crippen LogP contribution in [0.15, 0.2) is 41.8 Å². The zero-order valence-electron chi connectivity index (χ0n) is 11.2. The standard InChI is InChI=1S/C15H15N3OS/c1-2-17-11-6-3-4-7-12(11)18(15(17)16)10-13(19)14-8-5-9-20-14/h3-9,16H,2,10H2,1H3/p+1. The number of nitrogen functional groups attached to an aromatic ring is 1. The summed E-state index contributed by atoms with van der Waals surface area (Å²) in [7, 11) is 0. The number of thiophene rings is 1. The molecule has 0 aliphatic carbocycles. The molecule has 0 fully saturated rings. The van der Waals surface area contributed by atoms with Crippen molar-refractivity contribution < 1.29 is 9.36 Å². The van der Waals surface area contributed by atoms with Gasteiger partial charge in [0.25, 0.3) is 0 Å². The molecule has 0 atom stereocenters. The molecule has 3 rings (SSSR count). The fourth-order valence-corrected chi connectivity index (χ4v) is 3.13. The molecule has 3 aromatic rings. The Balaban J connectivity index is 2.07. The Bertz CT molecular complexity index is 759. The number of carbonyl (C=O) groups excluding carboxylic acids is 1. The molecule has 2 heterocycles. The third-order valence-electron chi connectivity index (χ3n) is 3.43. The van der Waals surface area contributed by atoms with Crippen molar-refractivity contribution in [1.29, 1.82) is 0 Å². The Hall–Kier alpha value is -2.14. The molecular weight excluding hydrogens is 270 g/mol. The molecule has 2 aromatic heterocycles. The summed E-state index contributed by atoms with van der Waals surface area (Å²) in [5.74, 6) is 0.717. The smallest absolute Gasteiger partial charge is 0.290 e. The Morgan fingerprint density at radius 1 is 1.30 bits per heavy atom. The minimum atomic E-state index is 0.0932. The number of imidazole rings is 1. The van der Waals surface area contributed by atoms with Gasteiger partial charge in [-0.1, -0.05) is 18.2 Å². The number of para-hydroxylation sites is 2. The molecule has 0 radical (unpaired) electrons. The van der Waals surface area contributed by atoms with E-state index in [1.807, 2.05) is 57.8 Å². The van der Waals surface area contributed by atoms with E-state index in [-0.39, 0.29) is 12.3 Å². The summed E-state index contributed by atoms with van der Waals surface area (Å²) in [5.41, 5.74) is 8.26. The van der Waals surface area contributed by atoms with Gasteiger partial charge in [-0.2, -0.15) is 0 Å². The van der Waals surface area contributed by atoms with Crippen LogP contribution in [0.5, 0.6) is 0 Å². The third kappa shape index (κ3) is 2.00. The Kier molecular flexibility index (Phi) is 3.28. The Morgan fingerprint density at radius 2 is 2.10 bits per heavy atom. The van der Waals surface area contributed by atoms with Gasteiger partial charge in [0.1, 0.15) is 17.6 Å². The molecular formula is C15H16N3OS+. The van der Waals surface area contributed by atoms with E-state index in [0.29, 0.717) is 5.95 Å². The van der Waals surface area contributed by atoms with Gasteiger partial charge in [-0.15, -0.1) is 11.3 Å². The predicted octanol–water partition coefficient (Wildman–Crippen LogP) is 2.48. The largest absolute Gasteiger partial charge is 0.356 e. The first kappa shape index (κ1) is 12.9. The number of aryl methyl sites for hydroxylation is 1. The summed E-state index contributed by atoms with van der Waals surface area (Å²) in [6, 6.07) is 11.7. The van der Waals surface area contributed by atoms with Gasteiger partial charge in [0.2, 0.25) is 5.78 Å². The van der Waals surface area contributed by atoms with E-state index in [1.165, 1.54) is 11.3 Å². The minimum Gasteiger partial charge on any atom is -0.290 e. The number of nitrogens with zero attached hydrogens (tertiary/aromatic N) is 2. The third-order valence-corrected chi connectivity index (χ3v) is 4.34. The lowest BCUT2D eigenvalue weighted by atomic mass is 10.3. The fraction of sp³-hybridized carbons (Fsp3) is 0.200. The first-order valence-electron chi connectivity index (χ1n) is 6.55. The van der Waals surface area contributed by atoms with Crippen LogP contribution in [0.3, 0.4) is 0 Å². The molecule has 0 aliphatic rings. The lowest BCUT2D eigenvalue weighted by molar-refractivity contribution is -0.642. The topological polar surface area (TPSA) is 51.9 Å². The van der Waals surface area contributed by atoms with E-state index in [4.69, 9.17) is 5.73 Å². The average Bonchev–Trinajstić information content (AvgIpc) is 3.07. The normalized spacial score (nSPS) is 11.1. The molecule has 0 saturated heterocycles. The molecule has 0 saturated carbocycles. The number of hydrogen-bond donors (Lipinski definition) is 1. The quantitative estimate of drug-likeness (QED) is 0.592. The van der Waals surface area contributed by atoms with Crippen LogP contribution >= 0.6 is 11.3 Å². The van der Waals surface area contributed by atoms with Crippen LogP contribution in [0.25, 0.3) is 11.0 Å². The van der Waals surface area contributed by atoms with Crippen LogP contribution in [0.4, 0.5) is 5.95 Å². The lowest BCUT2D eigenvalue weighted by Gasteiger charge is -1.99. The van der Waals surface area contributed by atoms with Gasteiger partial charge in [0.05, 0.1) is 11.4 Å². The van der Waals surface area contributed by atoms with Gasteiger partial charge in [-0.25, -0.2) is 9.13 Å². The highest BCUT2D eigenvalue weighted by Gasteiger charge is 2.22. The van der Waals surface area contributed by atoms with Crippen LogP contribution in [-0.2, 0) is 13.1 Å². The van der Waals surface area contributed by atoms with Crippen LogP contribution < -0.4 is 10.3 Å². The first-order chi connectivity index (χ1) is 9.72. The van der Waals surface area contributed by atoms with Crippen molar-refractivity contribution in [2.45, 2.75) is 20.0 Å². The van der Waals surface area contributed by atoms with Crippen molar-refractivity contribution in [2.75, 3.05) is 5.73 Å². The van der Waals surface area contributed by atoms with Gasteiger partial charge in [0.15, 0.2) is 0 Å². The maximum absolute atomic E-state index is 12.3. The van der Waals surface area contributed by atoms with E-state index in [9.17, 15) is 4.79 Å². The number of fused-ring (bicyclic) bond motifs is 1. The summed E-state index contributed by atoms with van der Waals surface area (Å²) in [4.78, 5) is 13.1. The van der Waals surface area contributed by atoms with E-state index in [0.717, 1.165) is 22.5 Å². The van der Waals surface area contributed by atoms with Crippen LogP contribution in [0, 0.1) is 0 Å². The number of anilines is 1. The van der Waals surface area contributed by atoms with Gasteiger partial charge < -0.3 is 0 Å². The van der Waals surface area contributed by atoms with Crippen molar-refractivity contribution in [3.63, 3.8) is 0 Å².